The third-order valence-corrected chi connectivity index (χ3v) is 12.4. The molecule has 0 fully saturated rings. The Bertz CT molecular complexity index is 3250. The minimum atomic E-state index is 1.10. The summed E-state index contributed by atoms with van der Waals surface area (Å²) in [6.45, 7) is 0. The number of nitrogens with zero attached hydrogens (tertiary/aromatic N) is 1. The fourth-order valence-electron chi connectivity index (χ4n) is 8.58. The van der Waals surface area contributed by atoms with Gasteiger partial charge in [0, 0.05) is 37.1 Å². The van der Waals surface area contributed by atoms with Gasteiger partial charge in [-0.15, -0.1) is 11.3 Å². The molecule has 1 aromatic heterocycles. The maximum Gasteiger partial charge on any atom is 0.0540 e. The first kappa shape index (κ1) is 32.4. The van der Waals surface area contributed by atoms with E-state index in [1.54, 1.807) is 0 Å². The van der Waals surface area contributed by atoms with E-state index in [2.05, 4.69) is 217 Å². The minimum Gasteiger partial charge on any atom is -0.310 e. The molecule has 262 valence electrons. The van der Waals surface area contributed by atoms with E-state index in [4.69, 9.17) is 0 Å². The maximum atomic E-state index is 2.42. The van der Waals surface area contributed by atoms with Gasteiger partial charge in [-0.25, -0.2) is 0 Å². The van der Waals surface area contributed by atoms with Crippen LogP contribution < -0.4 is 4.90 Å². The SMILES string of the molecule is c1ccc(N(c2ccc(-c3ccc4ccccc4c3)cc2)c2ccc(-c3cccc4sc5ccccc5c34)cc2)c(-c2cc3ccccc3c3ccccc23)c1. The normalized spacial score (nSPS) is 11.6. The van der Waals surface area contributed by atoms with Gasteiger partial charge in [0.15, 0.2) is 0 Å². The number of benzene rings is 10. The lowest BCUT2D eigenvalue weighted by Crippen LogP contribution is -2.11. The molecule has 11 aromatic rings. The summed E-state index contributed by atoms with van der Waals surface area (Å²) >= 11 is 1.87. The third kappa shape index (κ3) is 5.46. The zero-order valence-electron chi connectivity index (χ0n) is 30.6. The first-order valence-electron chi connectivity index (χ1n) is 19.2. The van der Waals surface area contributed by atoms with Crippen LogP contribution in [-0.2, 0) is 0 Å². The summed E-state index contributed by atoms with van der Waals surface area (Å²) in [7, 11) is 0. The van der Waals surface area contributed by atoms with Crippen LogP contribution in [0.15, 0.2) is 212 Å². The molecule has 0 amide bonds. The van der Waals surface area contributed by atoms with Crippen LogP contribution in [-0.4, -0.2) is 0 Å². The maximum absolute atomic E-state index is 2.42. The molecular formula is C54H35NS. The van der Waals surface area contributed by atoms with E-state index in [-0.39, 0.29) is 0 Å². The summed E-state index contributed by atoms with van der Waals surface area (Å²) in [5.41, 5.74) is 10.6. The lowest BCUT2D eigenvalue weighted by Gasteiger charge is -2.28. The molecule has 0 radical (unpaired) electrons. The molecule has 10 aromatic carbocycles. The lowest BCUT2D eigenvalue weighted by atomic mass is 9.92. The molecule has 1 nitrogen and oxygen atoms in total. The van der Waals surface area contributed by atoms with Gasteiger partial charge in [0.25, 0.3) is 0 Å². The molecule has 0 saturated heterocycles. The smallest absolute Gasteiger partial charge is 0.0540 e. The summed E-state index contributed by atoms with van der Waals surface area (Å²) in [5, 5.41) is 10.2. The van der Waals surface area contributed by atoms with Crippen molar-refractivity contribution in [3.05, 3.63) is 212 Å². The average molecular weight is 730 g/mol. The first-order chi connectivity index (χ1) is 27.8. The summed E-state index contributed by atoms with van der Waals surface area (Å²) in [5.74, 6) is 0. The monoisotopic (exact) mass is 729 g/mol. The highest BCUT2D eigenvalue weighted by Gasteiger charge is 2.20. The van der Waals surface area contributed by atoms with Crippen molar-refractivity contribution in [3.8, 4) is 33.4 Å². The van der Waals surface area contributed by atoms with Gasteiger partial charge in [-0.2, -0.15) is 0 Å². The molecular weight excluding hydrogens is 695 g/mol. The fraction of sp³-hybridized carbons (Fsp3) is 0. The Hall–Kier alpha value is -7.00. The van der Waals surface area contributed by atoms with Crippen molar-refractivity contribution in [3.63, 3.8) is 0 Å². The van der Waals surface area contributed by atoms with Crippen LogP contribution in [0.4, 0.5) is 17.1 Å². The number of thiophene rings is 1. The number of hydrogen-bond donors (Lipinski definition) is 0. The highest BCUT2D eigenvalue weighted by Crippen LogP contribution is 2.46. The number of para-hydroxylation sites is 1. The molecule has 0 atom stereocenters. The quantitative estimate of drug-likeness (QED) is 0.154. The molecule has 0 saturated carbocycles. The second-order valence-corrected chi connectivity index (χ2v) is 15.6. The van der Waals surface area contributed by atoms with Crippen molar-refractivity contribution in [2.45, 2.75) is 0 Å². The molecule has 0 aliphatic rings. The van der Waals surface area contributed by atoms with Gasteiger partial charge in [-0.1, -0.05) is 158 Å². The Balaban J connectivity index is 1.08. The largest absolute Gasteiger partial charge is 0.310 e. The van der Waals surface area contributed by atoms with E-state index in [1.165, 1.54) is 85.9 Å². The standard InChI is InChI=1S/C54H35NS/c1-2-13-39-34-40(25-24-36(39)12-1)37-26-30-42(31-27-37)55(43-32-28-38(29-33-43)45-20-11-23-53-54(45)49-19-8-10-22-52(49)56-53)51-21-9-7-18-48(51)50-35-41-14-3-4-15-44(41)46-16-5-6-17-47(46)50/h1-35H. The Morgan fingerprint density at radius 3 is 1.68 bits per heavy atom. The number of fused-ring (bicyclic) bond motifs is 7. The van der Waals surface area contributed by atoms with Crippen LogP contribution in [0.5, 0.6) is 0 Å². The summed E-state index contributed by atoms with van der Waals surface area (Å²) in [6, 6.07) is 77.8. The van der Waals surface area contributed by atoms with Crippen molar-refractivity contribution in [1.29, 1.82) is 0 Å². The molecule has 56 heavy (non-hydrogen) atoms. The van der Waals surface area contributed by atoms with Crippen molar-refractivity contribution in [2.24, 2.45) is 0 Å². The minimum absolute atomic E-state index is 1.10. The lowest BCUT2D eigenvalue weighted by molar-refractivity contribution is 1.28. The van der Waals surface area contributed by atoms with Crippen molar-refractivity contribution in [1.82, 2.24) is 0 Å². The summed E-state index contributed by atoms with van der Waals surface area (Å²) < 4.78 is 2.64. The predicted octanol–water partition coefficient (Wildman–Crippen LogP) is 16.0. The molecule has 0 aliphatic carbocycles. The molecule has 11 rings (SSSR count). The Kier molecular flexibility index (Phi) is 7.75. The van der Waals surface area contributed by atoms with E-state index in [1.807, 2.05) is 11.3 Å². The van der Waals surface area contributed by atoms with Gasteiger partial charge in [-0.05, 0) is 115 Å². The molecule has 1 heterocycles. The van der Waals surface area contributed by atoms with Gasteiger partial charge in [0.05, 0.1) is 5.69 Å². The average Bonchev–Trinajstić information content (AvgIpc) is 3.66. The highest BCUT2D eigenvalue weighted by molar-refractivity contribution is 7.25. The van der Waals surface area contributed by atoms with E-state index in [9.17, 15) is 0 Å². The summed E-state index contributed by atoms with van der Waals surface area (Å²) in [6.07, 6.45) is 0. The van der Waals surface area contributed by atoms with E-state index in [0.29, 0.717) is 0 Å². The van der Waals surface area contributed by atoms with Crippen molar-refractivity contribution < 1.29 is 0 Å². The number of anilines is 3. The van der Waals surface area contributed by atoms with Gasteiger partial charge in [-0.3, -0.25) is 0 Å². The zero-order chi connectivity index (χ0) is 37.0. The second-order valence-electron chi connectivity index (χ2n) is 14.5. The number of rotatable bonds is 6. The first-order valence-corrected chi connectivity index (χ1v) is 20.0. The molecule has 0 N–H and O–H groups in total. The Labute approximate surface area is 330 Å². The van der Waals surface area contributed by atoms with Crippen LogP contribution in [0.1, 0.15) is 0 Å². The molecule has 0 bridgehead atoms. The third-order valence-electron chi connectivity index (χ3n) is 11.3. The van der Waals surface area contributed by atoms with Gasteiger partial charge in [0.1, 0.15) is 0 Å². The van der Waals surface area contributed by atoms with Crippen LogP contribution >= 0.6 is 11.3 Å². The summed E-state index contributed by atoms with van der Waals surface area (Å²) in [4.78, 5) is 2.42. The Morgan fingerprint density at radius 2 is 0.875 bits per heavy atom. The van der Waals surface area contributed by atoms with Crippen LogP contribution in [0, 0.1) is 0 Å². The van der Waals surface area contributed by atoms with E-state index >= 15 is 0 Å². The van der Waals surface area contributed by atoms with E-state index < -0.39 is 0 Å². The van der Waals surface area contributed by atoms with Gasteiger partial charge < -0.3 is 4.90 Å². The van der Waals surface area contributed by atoms with Crippen molar-refractivity contribution in [2.75, 3.05) is 4.90 Å². The molecule has 0 unspecified atom stereocenters. The highest BCUT2D eigenvalue weighted by atomic mass is 32.1. The molecule has 0 aliphatic heterocycles. The topological polar surface area (TPSA) is 3.24 Å². The predicted molar refractivity (Wildman–Crippen MR) is 243 cm³/mol. The van der Waals surface area contributed by atoms with Crippen LogP contribution in [0.25, 0.3) is 85.9 Å². The van der Waals surface area contributed by atoms with Gasteiger partial charge in [0.2, 0.25) is 0 Å². The van der Waals surface area contributed by atoms with E-state index in [0.717, 1.165) is 17.1 Å². The molecule has 0 spiro atoms. The second kappa shape index (κ2) is 13.4. The number of hydrogen-bond acceptors (Lipinski definition) is 2. The van der Waals surface area contributed by atoms with Crippen molar-refractivity contribution >= 4 is 80.9 Å². The molecule has 2 heteroatoms. The zero-order valence-corrected chi connectivity index (χ0v) is 31.4. The van der Waals surface area contributed by atoms with Crippen LogP contribution in [0.3, 0.4) is 0 Å². The Morgan fingerprint density at radius 1 is 0.304 bits per heavy atom. The van der Waals surface area contributed by atoms with Gasteiger partial charge >= 0.3 is 0 Å². The fourth-order valence-corrected chi connectivity index (χ4v) is 9.71. The van der Waals surface area contributed by atoms with Crippen LogP contribution in [0.2, 0.25) is 0 Å².